The fraction of sp³-hybridized carbons (Fsp3) is 0.0714. The summed E-state index contributed by atoms with van der Waals surface area (Å²) in [6, 6.07) is 8.86. The van der Waals surface area contributed by atoms with Crippen LogP contribution in [0.15, 0.2) is 41.3 Å². The normalized spacial score (nSPS) is 10.9. The van der Waals surface area contributed by atoms with Gasteiger partial charge in [-0.15, -0.1) is 0 Å². The molecule has 0 aliphatic rings. The predicted molar refractivity (Wildman–Crippen MR) is 74.8 cm³/mol. The predicted octanol–water partition coefficient (Wildman–Crippen LogP) is 2.51. The van der Waals surface area contributed by atoms with Crippen molar-refractivity contribution in [1.29, 1.82) is 5.26 Å². The van der Waals surface area contributed by atoms with E-state index in [2.05, 4.69) is 4.72 Å². The van der Waals surface area contributed by atoms with Crippen LogP contribution in [0.5, 0.6) is 5.75 Å². The zero-order chi connectivity index (χ0) is 15.6. The second-order valence-electron chi connectivity index (χ2n) is 4.36. The molecule has 0 saturated carbocycles. The molecule has 0 amide bonds. The molecule has 0 fully saturated rings. The molecule has 0 saturated heterocycles. The zero-order valence-electron chi connectivity index (χ0n) is 11.0. The Morgan fingerprint density at radius 2 is 1.95 bits per heavy atom. The summed E-state index contributed by atoms with van der Waals surface area (Å²) >= 11 is 0. The average molecular weight is 306 g/mol. The molecule has 0 unspecified atom stereocenters. The Bertz CT molecular complexity index is 842. The summed E-state index contributed by atoms with van der Waals surface area (Å²) in [5, 5.41) is 18.4. The molecule has 7 heteroatoms. The monoisotopic (exact) mass is 306 g/mol. The lowest BCUT2D eigenvalue weighted by atomic mass is 10.1. The number of nitrogens with zero attached hydrogens (tertiary/aromatic N) is 1. The van der Waals surface area contributed by atoms with Gasteiger partial charge in [-0.25, -0.2) is 12.8 Å². The molecule has 0 radical (unpaired) electrons. The number of halogens is 1. The smallest absolute Gasteiger partial charge is 0.262 e. The molecule has 2 rings (SSSR count). The average Bonchev–Trinajstić information content (AvgIpc) is 2.42. The Labute approximate surface area is 121 Å². The maximum atomic E-state index is 13.1. The highest BCUT2D eigenvalue weighted by Gasteiger charge is 2.17. The Morgan fingerprint density at radius 1 is 1.24 bits per heavy atom. The van der Waals surface area contributed by atoms with Crippen molar-refractivity contribution in [2.75, 3.05) is 4.72 Å². The molecule has 21 heavy (non-hydrogen) atoms. The summed E-state index contributed by atoms with van der Waals surface area (Å²) < 4.78 is 39.6. The van der Waals surface area contributed by atoms with E-state index in [1.165, 1.54) is 18.2 Å². The van der Waals surface area contributed by atoms with Gasteiger partial charge in [0.15, 0.2) is 0 Å². The van der Waals surface area contributed by atoms with Crippen LogP contribution in [0.3, 0.4) is 0 Å². The topological polar surface area (TPSA) is 90.2 Å². The highest BCUT2D eigenvalue weighted by atomic mass is 32.2. The van der Waals surface area contributed by atoms with Gasteiger partial charge < -0.3 is 5.11 Å². The number of hydrogen-bond acceptors (Lipinski definition) is 4. The van der Waals surface area contributed by atoms with Crippen LogP contribution in [0.1, 0.15) is 11.1 Å². The SMILES string of the molecule is Cc1cc(S(=O)(=O)Nc2cc(F)ccc2O)ccc1C#N. The van der Waals surface area contributed by atoms with Crippen LogP contribution in [-0.2, 0) is 10.0 Å². The summed E-state index contributed by atoms with van der Waals surface area (Å²) in [4.78, 5) is -0.0809. The first kappa shape index (κ1) is 14.8. The van der Waals surface area contributed by atoms with Crippen LogP contribution in [0, 0.1) is 24.1 Å². The Morgan fingerprint density at radius 3 is 2.57 bits per heavy atom. The second kappa shape index (κ2) is 5.42. The van der Waals surface area contributed by atoms with Crippen LogP contribution in [0.25, 0.3) is 0 Å². The van der Waals surface area contributed by atoms with E-state index in [1.54, 1.807) is 6.92 Å². The fourth-order valence-corrected chi connectivity index (χ4v) is 2.87. The molecule has 0 bridgehead atoms. The van der Waals surface area contributed by atoms with E-state index in [0.29, 0.717) is 11.1 Å². The molecular weight excluding hydrogens is 295 g/mol. The minimum atomic E-state index is -3.99. The highest BCUT2D eigenvalue weighted by molar-refractivity contribution is 7.92. The van der Waals surface area contributed by atoms with Gasteiger partial charge in [-0.05, 0) is 42.8 Å². The lowest BCUT2D eigenvalue weighted by molar-refractivity contribution is 0.475. The van der Waals surface area contributed by atoms with Crippen molar-refractivity contribution < 1.29 is 17.9 Å². The molecular formula is C14H11FN2O3S. The van der Waals surface area contributed by atoms with Gasteiger partial charge in [0, 0.05) is 6.07 Å². The van der Waals surface area contributed by atoms with Crippen molar-refractivity contribution in [3.8, 4) is 11.8 Å². The van der Waals surface area contributed by atoms with Gasteiger partial charge >= 0.3 is 0 Å². The van der Waals surface area contributed by atoms with Crippen molar-refractivity contribution in [2.24, 2.45) is 0 Å². The van der Waals surface area contributed by atoms with Gasteiger partial charge in [0.2, 0.25) is 0 Å². The number of sulfonamides is 1. The summed E-state index contributed by atoms with van der Waals surface area (Å²) in [5.41, 5.74) is 0.614. The quantitative estimate of drug-likeness (QED) is 0.853. The van der Waals surface area contributed by atoms with Gasteiger partial charge in [0.1, 0.15) is 11.6 Å². The maximum absolute atomic E-state index is 13.1. The first-order valence-corrected chi connectivity index (χ1v) is 7.34. The molecule has 5 nitrogen and oxygen atoms in total. The van der Waals surface area contributed by atoms with Crippen LogP contribution < -0.4 is 4.72 Å². The number of anilines is 1. The van der Waals surface area contributed by atoms with Crippen molar-refractivity contribution in [3.63, 3.8) is 0 Å². The van der Waals surface area contributed by atoms with Crippen LogP contribution in [-0.4, -0.2) is 13.5 Å². The van der Waals surface area contributed by atoms with E-state index in [0.717, 1.165) is 18.2 Å². The Balaban J connectivity index is 2.41. The summed E-state index contributed by atoms with van der Waals surface area (Å²) in [6.07, 6.45) is 0. The number of nitrogens with one attached hydrogen (secondary N) is 1. The van der Waals surface area contributed by atoms with Gasteiger partial charge in [-0.2, -0.15) is 5.26 Å². The summed E-state index contributed by atoms with van der Waals surface area (Å²) in [7, 11) is -3.99. The van der Waals surface area contributed by atoms with E-state index in [-0.39, 0.29) is 16.3 Å². The number of hydrogen-bond donors (Lipinski definition) is 2. The minimum Gasteiger partial charge on any atom is -0.506 e. The molecule has 0 aromatic heterocycles. The first-order chi connectivity index (χ1) is 9.83. The number of phenolic OH excluding ortho intramolecular Hbond substituents is 1. The van der Waals surface area contributed by atoms with Gasteiger partial charge in [0.25, 0.3) is 10.0 Å². The fourth-order valence-electron chi connectivity index (χ4n) is 1.72. The largest absolute Gasteiger partial charge is 0.506 e. The lowest BCUT2D eigenvalue weighted by Gasteiger charge is -2.10. The van der Waals surface area contributed by atoms with Crippen molar-refractivity contribution in [3.05, 3.63) is 53.3 Å². The first-order valence-electron chi connectivity index (χ1n) is 5.85. The molecule has 2 N–H and O–H groups in total. The van der Waals surface area contributed by atoms with Crippen LogP contribution >= 0.6 is 0 Å². The highest BCUT2D eigenvalue weighted by Crippen LogP contribution is 2.26. The van der Waals surface area contributed by atoms with E-state index in [1.807, 2.05) is 6.07 Å². The standard InChI is InChI=1S/C14H11FN2O3S/c1-9-6-12(4-2-10(9)8-16)21(19,20)17-13-7-11(15)3-5-14(13)18/h2-7,17-18H,1H3. The van der Waals surface area contributed by atoms with E-state index < -0.39 is 15.8 Å². The lowest BCUT2D eigenvalue weighted by Crippen LogP contribution is -2.13. The summed E-state index contributed by atoms with van der Waals surface area (Å²) in [6.45, 7) is 1.61. The zero-order valence-corrected chi connectivity index (χ0v) is 11.8. The number of benzene rings is 2. The molecule has 2 aromatic carbocycles. The molecule has 0 spiro atoms. The Kier molecular flexibility index (Phi) is 3.82. The third-order valence-electron chi connectivity index (χ3n) is 2.83. The molecule has 0 heterocycles. The molecule has 108 valence electrons. The van der Waals surface area contributed by atoms with Crippen molar-refractivity contribution in [1.82, 2.24) is 0 Å². The second-order valence-corrected chi connectivity index (χ2v) is 6.04. The van der Waals surface area contributed by atoms with Crippen LogP contribution in [0.2, 0.25) is 0 Å². The van der Waals surface area contributed by atoms with E-state index in [4.69, 9.17) is 5.26 Å². The van der Waals surface area contributed by atoms with Crippen molar-refractivity contribution in [2.45, 2.75) is 11.8 Å². The number of rotatable bonds is 3. The number of aryl methyl sites for hydroxylation is 1. The van der Waals surface area contributed by atoms with E-state index in [9.17, 15) is 17.9 Å². The van der Waals surface area contributed by atoms with Gasteiger partial charge in [0.05, 0.1) is 22.2 Å². The number of phenols is 1. The number of aromatic hydroxyl groups is 1. The molecule has 2 aromatic rings. The minimum absolute atomic E-state index is 0.0809. The number of nitriles is 1. The Hall–Kier alpha value is -2.59. The third-order valence-corrected chi connectivity index (χ3v) is 4.19. The van der Waals surface area contributed by atoms with E-state index >= 15 is 0 Å². The van der Waals surface area contributed by atoms with Crippen LogP contribution in [0.4, 0.5) is 10.1 Å². The van der Waals surface area contributed by atoms with Gasteiger partial charge in [-0.1, -0.05) is 0 Å². The maximum Gasteiger partial charge on any atom is 0.262 e. The van der Waals surface area contributed by atoms with Crippen molar-refractivity contribution >= 4 is 15.7 Å². The summed E-state index contributed by atoms with van der Waals surface area (Å²) in [5.74, 6) is -1.06. The van der Waals surface area contributed by atoms with Gasteiger partial charge in [-0.3, -0.25) is 4.72 Å². The third kappa shape index (κ3) is 3.12. The molecule has 0 atom stereocenters. The molecule has 0 aliphatic heterocycles. The molecule has 0 aliphatic carbocycles.